The van der Waals surface area contributed by atoms with Gasteiger partial charge >= 0.3 is 0 Å². The van der Waals surface area contributed by atoms with E-state index in [-0.39, 0.29) is 6.04 Å². The van der Waals surface area contributed by atoms with Crippen LogP contribution in [-0.4, -0.2) is 6.54 Å². The Kier molecular flexibility index (Phi) is 4.70. The van der Waals surface area contributed by atoms with E-state index < -0.39 is 11.6 Å². The van der Waals surface area contributed by atoms with Crippen molar-refractivity contribution in [2.45, 2.75) is 45.6 Å². The molecule has 3 heteroatoms. The summed E-state index contributed by atoms with van der Waals surface area (Å²) in [7, 11) is 0. The Labute approximate surface area is 113 Å². The van der Waals surface area contributed by atoms with Crippen molar-refractivity contribution in [1.29, 1.82) is 0 Å². The van der Waals surface area contributed by atoms with E-state index in [0.29, 0.717) is 11.1 Å². The van der Waals surface area contributed by atoms with Crippen LogP contribution in [0.1, 0.15) is 49.8 Å². The summed E-state index contributed by atoms with van der Waals surface area (Å²) < 4.78 is 27.4. The van der Waals surface area contributed by atoms with Gasteiger partial charge in [0.05, 0.1) is 6.04 Å². The molecule has 1 atom stereocenters. The van der Waals surface area contributed by atoms with Crippen LogP contribution in [0.5, 0.6) is 0 Å². The molecule has 1 aliphatic carbocycles. The Morgan fingerprint density at radius 1 is 1.21 bits per heavy atom. The SMILES string of the molecule is CCNC(C1=CCCCC1)c1cc(C)c(F)cc1F. The average Bonchev–Trinajstić information content (AvgIpc) is 2.42. The zero-order valence-corrected chi connectivity index (χ0v) is 11.6. The summed E-state index contributed by atoms with van der Waals surface area (Å²) in [4.78, 5) is 0. The van der Waals surface area contributed by atoms with Crippen molar-refractivity contribution in [2.75, 3.05) is 6.54 Å². The van der Waals surface area contributed by atoms with Gasteiger partial charge in [-0.05, 0) is 50.8 Å². The lowest BCUT2D eigenvalue weighted by Gasteiger charge is -2.25. The molecule has 0 heterocycles. The molecule has 0 aromatic heterocycles. The third-order valence-electron chi connectivity index (χ3n) is 3.69. The maximum absolute atomic E-state index is 14.1. The van der Waals surface area contributed by atoms with Crippen molar-refractivity contribution >= 4 is 0 Å². The highest BCUT2D eigenvalue weighted by Gasteiger charge is 2.21. The summed E-state index contributed by atoms with van der Waals surface area (Å²) in [6, 6.07) is 2.51. The summed E-state index contributed by atoms with van der Waals surface area (Å²) in [5, 5.41) is 3.33. The van der Waals surface area contributed by atoms with Gasteiger partial charge in [0.25, 0.3) is 0 Å². The fourth-order valence-electron chi connectivity index (χ4n) is 2.67. The Bertz CT molecular complexity index is 480. The van der Waals surface area contributed by atoms with Crippen molar-refractivity contribution < 1.29 is 8.78 Å². The molecule has 0 spiro atoms. The van der Waals surface area contributed by atoms with Gasteiger partial charge < -0.3 is 5.32 Å². The molecular weight excluding hydrogens is 244 g/mol. The molecule has 0 aliphatic heterocycles. The molecule has 19 heavy (non-hydrogen) atoms. The summed E-state index contributed by atoms with van der Waals surface area (Å²) in [5.74, 6) is -0.936. The third kappa shape index (κ3) is 3.21. The van der Waals surface area contributed by atoms with Crippen LogP contribution in [-0.2, 0) is 0 Å². The zero-order chi connectivity index (χ0) is 13.8. The van der Waals surface area contributed by atoms with E-state index in [1.54, 1.807) is 13.0 Å². The number of aryl methyl sites for hydroxylation is 1. The smallest absolute Gasteiger partial charge is 0.131 e. The van der Waals surface area contributed by atoms with Crippen LogP contribution >= 0.6 is 0 Å². The van der Waals surface area contributed by atoms with E-state index in [1.165, 1.54) is 12.0 Å². The molecule has 1 unspecified atom stereocenters. The molecule has 1 aromatic rings. The van der Waals surface area contributed by atoms with Crippen LogP contribution in [0.3, 0.4) is 0 Å². The minimum Gasteiger partial charge on any atom is -0.307 e. The lowest BCUT2D eigenvalue weighted by atomic mass is 9.89. The fraction of sp³-hybridized carbons (Fsp3) is 0.500. The highest BCUT2D eigenvalue weighted by atomic mass is 19.1. The van der Waals surface area contributed by atoms with Crippen molar-refractivity contribution in [3.8, 4) is 0 Å². The van der Waals surface area contributed by atoms with Crippen LogP contribution in [0, 0.1) is 18.6 Å². The third-order valence-corrected chi connectivity index (χ3v) is 3.69. The first kappa shape index (κ1) is 14.2. The number of hydrogen-bond acceptors (Lipinski definition) is 1. The maximum atomic E-state index is 14.1. The molecule has 0 radical (unpaired) electrons. The number of likely N-dealkylation sites (N-methyl/N-ethyl adjacent to an activating group) is 1. The molecule has 2 rings (SSSR count). The standard InChI is InChI=1S/C16H21F2N/c1-3-19-16(12-7-5-4-6-8-12)13-9-11(2)14(17)10-15(13)18/h7,9-10,16,19H,3-6,8H2,1-2H3. The number of allylic oxidation sites excluding steroid dienone is 1. The van der Waals surface area contributed by atoms with Crippen molar-refractivity contribution in [1.82, 2.24) is 5.32 Å². The van der Waals surface area contributed by atoms with Gasteiger partial charge in [-0.25, -0.2) is 8.78 Å². The maximum Gasteiger partial charge on any atom is 0.131 e. The van der Waals surface area contributed by atoms with Gasteiger partial charge in [-0.1, -0.05) is 18.6 Å². The normalized spacial score (nSPS) is 17.2. The molecule has 1 aromatic carbocycles. The molecule has 104 valence electrons. The number of benzene rings is 1. The summed E-state index contributed by atoms with van der Waals surface area (Å²) >= 11 is 0. The van der Waals surface area contributed by atoms with Crippen molar-refractivity contribution in [3.05, 3.63) is 46.5 Å². The van der Waals surface area contributed by atoms with Gasteiger partial charge in [-0.15, -0.1) is 0 Å². The molecular formula is C16H21F2N. The second-order valence-electron chi connectivity index (χ2n) is 5.14. The number of rotatable bonds is 4. The zero-order valence-electron chi connectivity index (χ0n) is 11.6. The Balaban J connectivity index is 2.38. The first-order valence-electron chi connectivity index (χ1n) is 7.01. The molecule has 1 nitrogen and oxygen atoms in total. The first-order valence-corrected chi connectivity index (χ1v) is 7.01. The largest absolute Gasteiger partial charge is 0.307 e. The highest BCUT2D eigenvalue weighted by molar-refractivity contribution is 5.34. The predicted octanol–water partition coefficient (Wildman–Crippen LogP) is 4.42. The van der Waals surface area contributed by atoms with Crippen LogP contribution in [0.2, 0.25) is 0 Å². The second-order valence-corrected chi connectivity index (χ2v) is 5.14. The number of hydrogen-bond donors (Lipinski definition) is 1. The number of nitrogens with one attached hydrogen (secondary N) is 1. The van der Waals surface area contributed by atoms with E-state index >= 15 is 0 Å². The summed E-state index contributed by atoms with van der Waals surface area (Å²) in [6.07, 6.45) is 6.60. The molecule has 1 aliphatic rings. The molecule has 1 N–H and O–H groups in total. The highest BCUT2D eigenvalue weighted by Crippen LogP contribution is 2.32. The van der Waals surface area contributed by atoms with Gasteiger partial charge in [0.15, 0.2) is 0 Å². The van der Waals surface area contributed by atoms with Crippen molar-refractivity contribution in [2.24, 2.45) is 0 Å². The second kappa shape index (κ2) is 6.29. The van der Waals surface area contributed by atoms with E-state index in [0.717, 1.165) is 31.9 Å². The minimum atomic E-state index is -0.478. The van der Waals surface area contributed by atoms with E-state index in [4.69, 9.17) is 0 Å². The van der Waals surface area contributed by atoms with Crippen LogP contribution in [0.4, 0.5) is 8.78 Å². The Hall–Kier alpha value is -1.22. The molecule has 0 bridgehead atoms. The molecule has 0 saturated carbocycles. The van der Waals surface area contributed by atoms with Crippen LogP contribution in [0.15, 0.2) is 23.8 Å². The van der Waals surface area contributed by atoms with Crippen molar-refractivity contribution in [3.63, 3.8) is 0 Å². The summed E-state index contributed by atoms with van der Waals surface area (Å²) in [6.45, 7) is 4.44. The molecule has 0 amide bonds. The lowest BCUT2D eigenvalue weighted by Crippen LogP contribution is -2.25. The monoisotopic (exact) mass is 265 g/mol. The summed E-state index contributed by atoms with van der Waals surface area (Å²) in [5.41, 5.74) is 2.29. The van der Waals surface area contributed by atoms with Gasteiger partial charge in [0.2, 0.25) is 0 Å². The van der Waals surface area contributed by atoms with Crippen LogP contribution in [0.25, 0.3) is 0 Å². The van der Waals surface area contributed by atoms with Gasteiger partial charge in [-0.3, -0.25) is 0 Å². The lowest BCUT2D eigenvalue weighted by molar-refractivity contribution is 0.516. The quantitative estimate of drug-likeness (QED) is 0.794. The Morgan fingerprint density at radius 2 is 2.00 bits per heavy atom. The predicted molar refractivity (Wildman–Crippen MR) is 74.1 cm³/mol. The van der Waals surface area contributed by atoms with Crippen LogP contribution < -0.4 is 5.32 Å². The Morgan fingerprint density at radius 3 is 2.63 bits per heavy atom. The fourth-order valence-corrected chi connectivity index (χ4v) is 2.67. The van der Waals surface area contributed by atoms with Gasteiger partial charge in [0, 0.05) is 11.6 Å². The van der Waals surface area contributed by atoms with Gasteiger partial charge in [-0.2, -0.15) is 0 Å². The average molecular weight is 265 g/mol. The first-order chi connectivity index (χ1) is 9.13. The minimum absolute atomic E-state index is 0.121. The molecule has 0 saturated heterocycles. The topological polar surface area (TPSA) is 12.0 Å². The van der Waals surface area contributed by atoms with E-state index in [9.17, 15) is 8.78 Å². The number of halogens is 2. The molecule has 0 fully saturated rings. The van der Waals surface area contributed by atoms with Gasteiger partial charge in [0.1, 0.15) is 11.6 Å². The van der Waals surface area contributed by atoms with E-state index in [1.807, 2.05) is 6.92 Å². The van der Waals surface area contributed by atoms with E-state index in [2.05, 4.69) is 11.4 Å².